The van der Waals surface area contributed by atoms with Crippen molar-refractivity contribution >= 4 is 34.9 Å². The van der Waals surface area contributed by atoms with E-state index in [4.69, 9.17) is 32.5 Å². The molecule has 0 spiro atoms. The van der Waals surface area contributed by atoms with E-state index < -0.39 is 29.2 Å². The van der Waals surface area contributed by atoms with E-state index in [-0.39, 0.29) is 12.2 Å². The van der Waals surface area contributed by atoms with Crippen LogP contribution >= 0.6 is 23.2 Å². The number of methoxy groups -OCH3 is 1. The minimum atomic E-state index is -1.04. The zero-order valence-corrected chi connectivity index (χ0v) is 22.3. The number of halogens is 2. The smallest absolute Gasteiger partial charge is 0.447 e. The van der Waals surface area contributed by atoms with E-state index in [0.29, 0.717) is 21.5 Å². The van der Waals surface area contributed by atoms with Crippen LogP contribution in [0.2, 0.25) is 10.0 Å². The molecule has 1 atom stereocenters. The standard InChI is InChI=1S/C27H24Cl2N4O5/c1-27(2)23(33-25(35)32(26(36)38-33)21-12-7-10-19(29)15-21)31(20-11-6-9-18(28)14-20)24(34)30(27)16-17-8-4-5-13-22(17)37-3/h4-15,23H,16H2,1-3H3/t23-/m0/s1. The second-order valence-corrected chi connectivity index (χ2v) is 10.2. The summed E-state index contributed by atoms with van der Waals surface area (Å²) in [6.07, 6.45) is -1.04. The maximum atomic E-state index is 14.0. The van der Waals surface area contributed by atoms with E-state index in [0.717, 1.165) is 14.9 Å². The molecular formula is C27H24Cl2N4O5. The molecule has 38 heavy (non-hydrogen) atoms. The lowest BCUT2D eigenvalue weighted by atomic mass is 9.99. The van der Waals surface area contributed by atoms with Gasteiger partial charge in [0.05, 0.1) is 24.9 Å². The van der Waals surface area contributed by atoms with Crippen LogP contribution in [0.1, 0.15) is 25.6 Å². The van der Waals surface area contributed by atoms with Gasteiger partial charge < -0.3 is 14.2 Å². The molecule has 3 aromatic carbocycles. The van der Waals surface area contributed by atoms with Crippen molar-refractivity contribution in [2.75, 3.05) is 12.0 Å². The number of hydrogen-bond acceptors (Lipinski definition) is 5. The minimum Gasteiger partial charge on any atom is -0.496 e. The van der Waals surface area contributed by atoms with Crippen LogP contribution in [0.15, 0.2) is 86.9 Å². The highest BCUT2D eigenvalue weighted by Crippen LogP contribution is 2.44. The predicted octanol–water partition coefficient (Wildman–Crippen LogP) is 5.33. The van der Waals surface area contributed by atoms with Crippen molar-refractivity contribution in [2.24, 2.45) is 0 Å². The van der Waals surface area contributed by atoms with Gasteiger partial charge in [-0.1, -0.05) is 53.5 Å². The number of carbonyl (C=O) groups excluding carboxylic acids is 1. The Kier molecular flexibility index (Phi) is 6.58. The first-order chi connectivity index (χ1) is 18.1. The Morgan fingerprint density at radius 1 is 0.895 bits per heavy atom. The molecule has 2 amide bonds. The fraction of sp³-hybridized carbons (Fsp3) is 0.222. The van der Waals surface area contributed by atoms with Crippen molar-refractivity contribution in [3.63, 3.8) is 0 Å². The number of carbonyl (C=O) groups is 1. The quantitative estimate of drug-likeness (QED) is 0.321. The van der Waals surface area contributed by atoms with Crippen LogP contribution in [-0.2, 0) is 6.54 Å². The highest BCUT2D eigenvalue weighted by Gasteiger charge is 2.55. The summed E-state index contributed by atoms with van der Waals surface area (Å²) in [6, 6.07) is 20.0. The van der Waals surface area contributed by atoms with Crippen molar-refractivity contribution < 1.29 is 14.1 Å². The number of anilines is 1. The number of nitrogens with zero attached hydrogens (tertiary/aromatic N) is 4. The van der Waals surface area contributed by atoms with E-state index in [1.807, 2.05) is 24.3 Å². The molecule has 5 rings (SSSR count). The summed E-state index contributed by atoms with van der Waals surface area (Å²) in [5.41, 5.74) is -0.339. The second kappa shape index (κ2) is 9.74. The average molecular weight is 555 g/mol. The Bertz CT molecular complexity index is 1640. The molecule has 0 radical (unpaired) electrons. The first-order valence-electron chi connectivity index (χ1n) is 11.7. The van der Waals surface area contributed by atoms with Crippen LogP contribution < -0.4 is 21.1 Å². The molecular weight excluding hydrogens is 531 g/mol. The van der Waals surface area contributed by atoms with Crippen LogP contribution in [0.5, 0.6) is 5.75 Å². The van der Waals surface area contributed by atoms with Crippen molar-refractivity contribution in [1.29, 1.82) is 0 Å². The van der Waals surface area contributed by atoms with E-state index in [1.165, 1.54) is 11.0 Å². The molecule has 9 nitrogen and oxygen atoms in total. The van der Waals surface area contributed by atoms with E-state index in [9.17, 15) is 14.4 Å². The molecule has 196 valence electrons. The van der Waals surface area contributed by atoms with Gasteiger partial charge in [0.1, 0.15) is 5.75 Å². The van der Waals surface area contributed by atoms with E-state index >= 15 is 0 Å². The van der Waals surface area contributed by atoms with Crippen molar-refractivity contribution in [2.45, 2.75) is 32.1 Å². The third kappa shape index (κ3) is 4.27. The van der Waals surface area contributed by atoms with Gasteiger partial charge in [-0.25, -0.2) is 14.4 Å². The van der Waals surface area contributed by atoms with Crippen LogP contribution in [0, 0.1) is 0 Å². The number of rotatable bonds is 6. The molecule has 0 unspecified atom stereocenters. The summed E-state index contributed by atoms with van der Waals surface area (Å²) >= 11 is 12.4. The molecule has 1 aliphatic rings. The Labute approximate surface area is 227 Å². The summed E-state index contributed by atoms with van der Waals surface area (Å²) in [6.45, 7) is 3.79. The molecule has 0 saturated carbocycles. The van der Waals surface area contributed by atoms with Gasteiger partial charge in [0.15, 0.2) is 6.17 Å². The van der Waals surface area contributed by atoms with Gasteiger partial charge in [0, 0.05) is 21.3 Å². The van der Waals surface area contributed by atoms with Gasteiger partial charge in [-0.2, -0.15) is 4.57 Å². The Hall–Kier alpha value is -3.95. The maximum absolute atomic E-state index is 14.0. The SMILES string of the molecule is COc1ccccc1CN1C(=O)N(c2cccc(Cl)c2)[C@@H](n2oc(=O)n(-c3cccc(Cl)c3)c2=O)C1(C)C. The van der Waals surface area contributed by atoms with Gasteiger partial charge in [-0.05, 0) is 56.3 Å². The van der Waals surface area contributed by atoms with Gasteiger partial charge in [-0.3, -0.25) is 4.90 Å². The summed E-state index contributed by atoms with van der Waals surface area (Å²) < 4.78 is 12.8. The number of amides is 2. The molecule has 1 saturated heterocycles. The lowest BCUT2D eigenvalue weighted by Crippen LogP contribution is -2.46. The van der Waals surface area contributed by atoms with Crippen molar-refractivity contribution in [1.82, 2.24) is 14.2 Å². The summed E-state index contributed by atoms with van der Waals surface area (Å²) in [7, 11) is 1.56. The van der Waals surface area contributed by atoms with Crippen LogP contribution in [0.3, 0.4) is 0 Å². The second-order valence-electron chi connectivity index (χ2n) is 9.34. The molecule has 1 aromatic heterocycles. The monoisotopic (exact) mass is 554 g/mol. The Morgan fingerprint density at radius 3 is 2.18 bits per heavy atom. The van der Waals surface area contributed by atoms with Gasteiger partial charge >= 0.3 is 17.5 Å². The maximum Gasteiger partial charge on any atom is 0.447 e. The minimum absolute atomic E-state index is 0.178. The fourth-order valence-corrected chi connectivity index (χ4v) is 5.18. The van der Waals surface area contributed by atoms with Gasteiger partial charge in [0.25, 0.3) is 0 Å². The highest BCUT2D eigenvalue weighted by atomic mass is 35.5. The van der Waals surface area contributed by atoms with Crippen LogP contribution in [-0.4, -0.2) is 32.9 Å². The molecule has 0 aliphatic carbocycles. The molecule has 0 bridgehead atoms. The van der Waals surface area contributed by atoms with Crippen molar-refractivity contribution in [3.8, 4) is 11.4 Å². The largest absolute Gasteiger partial charge is 0.496 e. The number of benzene rings is 3. The summed E-state index contributed by atoms with van der Waals surface area (Å²) in [4.78, 5) is 43.7. The lowest BCUT2D eigenvalue weighted by molar-refractivity contribution is 0.0927. The third-order valence-corrected chi connectivity index (χ3v) is 7.11. The highest BCUT2D eigenvalue weighted by molar-refractivity contribution is 6.31. The zero-order chi connectivity index (χ0) is 27.2. The van der Waals surface area contributed by atoms with Gasteiger partial charge in [-0.15, -0.1) is 4.74 Å². The summed E-state index contributed by atoms with van der Waals surface area (Å²) in [5, 5.41) is 0.752. The Morgan fingerprint density at radius 2 is 1.53 bits per heavy atom. The van der Waals surface area contributed by atoms with Gasteiger partial charge in [0.2, 0.25) is 0 Å². The number of urea groups is 1. The third-order valence-electron chi connectivity index (χ3n) is 6.64. The molecule has 1 aliphatic heterocycles. The topological polar surface area (TPSA) is 89.9 Å². The van der Waals surface area contributed by atoms with E-state index in [1.54, 1.807) is 68.3 Å². The lowest BCUT2D eigenvalue weighted by Gasteiger charge is -2.34. The normalized spacial score (nSPS) is 16.8. The van der Waals surface area contributed by atoms with E-state index in [2.05, 4.69) is 0 Å². The van der Waals surface area contributed by atoms with Crippen LogP contribution in [0.4, 0.5) is 10.5 Å². The predicted molar refractivity (Wildman–Crippen MR) is 145 cm³/mol. The molecule has 4 aromatic rings. The summed E-state index contributed by atoms with van der Waals surface area (Å²) in [5.74, 6) is -0.292. The fourth-order valence-electron chi connectivity index (χ4n) is 4.81. The number of hydrogen-bond donors (Lipinski definition) is 0. The first-order valence-corrected chi connectivity index (χ1v) is 12.5. The molecule has 11 heteroatoms. The first kappa shape index (κ1) is 25.7. The number of aromatic nitrogens is 2. The average Bonchev–Trinajstić information content (AvgIpc) is 3.27. The molecule has 0 N–H and O–H groups in total. The molecule has 1 fully saturated rings. The van der Waals surface area contributed by atoms with Crippen molar-refractivity contribution in [3.05, 3.63) is 109 Å². The Balaban J connectivity index is 1.69. The number of ether oxygens (including phenoxy) is 1. The zero-order valence-electron chi connectivity index (χ0n) is 20.8. The number of para-hydroxylation sites is 1. The molecule has 2 heterocycles. The van der Waals surface area contributed by atoms with Crippen LogP contribution in [0.25, 0.3) is 5.69 Å².